The van der Waals surface area contributed by atoms with Gasteiger partial charge in [0, 0.05) is 6.54 Å². The number of carboxylic acid groups (broad SMARTS) is 1. The first-order valence-electron chi connectivity index (χ1n) is 6.81. The highest BCUT2D eigenvalue weighted by atomic mass is 16.4. The molecule has 4 heteroatoms. The minimum Gasteiger partial charge on any atom is -0.479 e. The molecule has 3 rings (SSSR count). The van der Waals surface area contributed by atoms with E-state index in [-0.39, 0.29) is 12.3 Å². The summed E-state index contributed by atoms with van der Waals surface area (Å²) in [4.78, 5) is 25.5. The van der Waals surface area contributed by atoms with E-state index in [9.17, 15) is 14.7 Å². The molecule has 1 aliphatic heterocycles. The molecule has 0 aliphatic carbocycles. The molecule has 21 heavy (non-hydrogen) atoms. The number of rotatable bonds is 3. The SMILES string of the molecule is O=C(O)[C@H]1c2ccccc2CC(=O)N1Cc1ccccc1. The van der Waals surface area contributed by atoms with Gasteiger partial charge >= 0.3 is 5.97 Å². The van der Waals surface area contributed by atoms with E-state index in [1.807, 2.05) is 48.5 Å². The summed E-state index contributed by atoms with van der Waals surface area (Å²) in [5.41, 5.74) is 2.44. The number of benzene rings is 2. The van der Waals surface area contributed by atoms with Crippen LogP contribution >= 0.6 is 0 Å². The van der Waals surface area contributed by atoms with E-state index in [0.29, 0.717) is 12.1 Å². The molecule has 1 N–H and O–H groups in total. The second-order valence-corrected chi connectivity index (χ2v) is 5.12. The molecule has 0 saturated carbocycles. The van der Waals surface area contributed by atoms with Gasteiger partial charge in [0.1, 0.15) is 0 Å². The van der Waals surface area contributed by atoms with Crippen molar-refractivity contribution in [3.05, 3.63) is 71.3 Å². The molecular weight excluding hydrogens is 266 g/mol. The molecule has 106 valence electrons. The number of fused-ring (bicyclic) bond motifs is 1. The largest absolute Gasteiger partial charge is 0.479 e. The summed E-state index contributed by atoms with van der Waals surface area (Å²) < 4.78 is 0. The third kappa shape index (κ3) is 2.52. The Balaban J connectivity index is 1.99. The molecule has 0 bridgehead atoms. The summed E-state index contributed by atoms with van der Waals surface area (Å²) in [7, 11) is 0. The van der Waals surface area contributed by atoms with Gasteiger partial charge in [-0.25, -0.2) is 4.79 Å². The molecule has 0 spiro atoms. The number of hydrogen-bond donors (Lipinski definition) is 1. The number of nitrogens with zero attached hydrogens (tertiary/aromatic N) is 1. The summed E-state index contributed by atoms with van der Waals surface area (Å²) in [5, 5.41) is 9.56. The zero-order chi connectivity index (χ0) is 14.8. The van der Waals surface area contributed by atoms with E-state index in [4.69, 9.17) is 0 Å². The first-order valence-corrected chi connectivity index (χ1v) is 6.81. The first kappa shape index (κ1) is 13.4. The molecule has 1 aliphatic rings. The zero-order valence-corrected chi connectivity index (χ0v) is 11.4. The highest BCUT2D eigenvalue weighted by molar-refractivity contribution is 5.89. The van der Waals surface area contributed by atoms with Crippen LogP contribution < -0.4 is 0 Å². The quantitative estimate of drug-likeness (QED) is 0.939. The summed E-state index contributed by atoms with van der Waals surface area (Å²) >= 11 is 0. The van der Waals surface area contributed by atoms with Crippen molar-refractivity contribution in [1.82, 2.24) is 4.90 Å². The fourth-order valence-corrected chi connectivity index (χ4v) is 2.76. The van der Waals surface area contributed by atoms with Crippen molar-refractivity contribution in [2.75, 3.05) is 0 Å². The first-order chi connectivity index (χ1) is 10.2. The Labute approximate surface area is 122 Å². The molecule has 0 radical (unpaired) electrons. The lowest BCUT2D eigenvalue weighted by Crippen LogP contribution is -2.43. The third-order valence-electron chi connectivity index (χ3n) is 3.75. The van der Waals surface area contributed by atoms with Crippen LogP contribution in [0.3, 0.4) is 0 Å². The Morgan fingerprint density at radius 3 is 2.48 bits per heavy atom. The van der Waals surface area contributed by atoms with Crippen LogP contribution in [0.5, 0.6) is 0 Å². The average Bonchev–Trinajstić information content (AvgIpc) is 2.48. The van der Waals surface area contributed by atoms with Gasteiger partial charge in [0.05, 0.1) is 6.42 Å². The normalized spacial score (nSPS) is 17.4. The van der Waals surface area contributed by atoms with Gasteiger partial charge in [-0.3, -0.25) is 4.79 Å². The van der Waals surface area contributed by atoms with Crippen molar-refractivity contribution in [1.29, 1.82) is 0 Å². The molecule has 2 aromatic carbocycles. The zero-order valence-electron chi connectivity index (χ0n) is 11.4. The lowest BCUT2D eigenvalue weighted by atomic mass is 9.91. The fourth-order valence-electron chi connectivity index (χ4n) is 2.76. The van der Waals surface area contributed by atoms with Crippen LogP contribution in [-0.4, -0.2) is 21.9 Å². The Kier molecular flexibility index (Phi) is 3.44. The van der Waals surface area contributed by atoms with Gasteiger partial charge in [-0.05, 0) is 16.7 Å². The summed E-state index contributed by atoms with van der Waals surface area (Å²) in [5.74, 6) is -1.14. The third-order valence-corrected chi connectivity index (χ3v) is 3.75. The Hall–Kier alpha value is -2.62. The van der Waals surface area contributed by atoms with Gasteiger partial charge < -0.3 is 10.0 Å². The number of aliphatic carboxylic acids is 1. The molecule has 2 aromatic rings. The number of carboxylic acids is 1. The van der Waals surface area contributed by atoms with E-state index < -0.39 is 12.0 Å². The molecule has 4 nitrogen and oxygen atoms in total. The van der Waals surface area contributed by atoms with Crippen LogP contribution in [0.15, 0.2) is 54.6 Å². The van der Waals surface area contributed by atoms with Gasteiger partial charge in [0.25, 0.3) is 0 Å². The maximum absolute atomic E-state index is 12.3. The van der Waals surface area contributed by atoms with Crippen LogP contribution in [0.2, 0.25) is 0 Å². The molecule has 0 fully saturated rings. The monoisotopic (exact) mass is 281 g/mol. The Bertz CT molecular complexity index is 681. The standard InChI is InChI=1S/C17H15NO3/c19-15-10-13-8-4-5-9-14(13)16(17(20)21)18(15)11-12-6-2-1-3-7-12/h1-9,16H,10-11H2,(H,20,21)/t16-/m1/s1. The topological polar surface area (TPSA) is 57.6 Å². The number of carbonyl (C=O) groups excluding carboxylic acids is 1. The Morgan fingerprint density at radius 1 is 1.10 bits per heavy atom. The van der Waals surface area contributed by atoms with Crippen molar-refractivity contribution < 1.29 is 14.7 Å². The van der Waals surface area contributed by atoms with Crippen molar-refractivity contribution in [2.24, 2.45) is 0 Å². The molecule has 1 atom stereocenters. The van der Waals surface area contributed by atoms with E-state index in [1.54, 1.807) is 6.07 Å². The maximum atomic E-state index is 12.3. The van der Waals surface area contributed by atoms with E-state index in [1.165, 1.54) is 4.90 Å². The van der Waals surface area contributed by atoms with Crippen molar-refractivity contribution in [3.63, 3.8) is 0 Å². The van der Waals surface area contributed by atoms with Crippen molar-refractivity contribution >= 4 is 11.9 Å². The van der Waals surface area contributed by atoms with E-state index in [0.717, 1.165) is 11.1 Å². The van der Waals surface area contributed by atoms with Crippen molar-refractivity contribution in [2.45, 2.75) is 19.0 Å². The van der Waals surface area contributed by atoms with E-state index in [2.05, 4.69) is 0 Å². The lowest BCUT2D eigenvalue weighted by Gasteiger charge is -2.34. The minimum atomic E-state index is -0.994. The van der Waals surface area contributed by atoms with Crippen LogP contribution in [0, 0.1) is 0 Å². The number of amides is 1. The van der Waals surface area contributed by atoms with Gasteiger partial charge in [-0.15, -0.1) is 0 Å². The van der Waals surface area contributed by atoms with Crippen LogP contribution in [0.25, 0.3) is 0 Å². The lowest BCUT2D eigenvalue weighted by molar-refractivity contribution is -0.152. The predicted octanol–water partition coefficient (Wildman–Crippen LogP) is 2.40. The predicted molar refractivity (Wildman–Crippen MR) is 77.5 cm³/mol. The van der Waals surface area contributed by atoms with E-state index >= 15 is 0 Å². The van der Waals surface area contributed by atoms with Crippen LogP contribution in [0.1, 0.15) is 22.7 Å². The molecule has 1 heterocycles. The molecule has 0 aromatic heterocycles. The molecule has 0 saturated heterocycles. The number of hydrogen-bond acceptors (Lipinski definition) is 2. The average molecular weight is 281 g/mol. The fraction of sp³-hybridized carbons (Fsp3) is 0.176. The minimum absolute atomic E-state index is 0.148. The smallest absolute Gasteiger partial charge is 0.331 e. The van der Waals surface area contributed by atoms with Crippen molar-refractivity contribution in [3.8, 4) is 0 Å². The van der Waals surface area contributed by atoms with Gasteiger partial charge in [0.15, 0.2) is 6.04 Å². The van der Waals surface area contributed by atoms with Crippen LogP contribution in [-0.2, 0) is 22.6 Å². The molecule has 1 amide bonds. The summed E-state index contributed by atoms with van der Waals surface area (Å²) in [6.07, 6.45) is 0.257. The number of carbonyl (C=O) groups is 2. The highest BCUT2D eigenvalue weighted by Crippen LogP contribution is 2.31. The van der Waals surface area contributed by atoms with Gasteiger partial charge in [0.2, 0.25) is 5.91 Å². The Morgan fingerprint density at radius 2 is 1.76 bits per heavy atom. The summed E-state index contributed by atoms with van der Waals surface area (Å²) in [6.45, 7) is 0.310. The maximum Gasteiger partial charge on any atom is 0.331 e. The molecular formula is C17H15NO3. The highest BCUT2D eigenvalue weighted by Gasteiger charge is 2.36. The second-order valence-electron chi connectivity index (χ2n) is 5.12. The van der Waals surface area contributed by atoms with Gasteiger partial charge in [-0.2, -0.15) is 0 Å². The van der Waals surface area contributed by atoms with Crippen LogP contribution in [0.4, 0.5) is 0 Å². The van der Waals surface area contributed by atoms with Gasteiger partial charge in [-0.1, -0.05) is 54.6 Å². The molecule has 0 unspecified atom stereocenters. The second kappa shape index (κ2) is 5.40. The summed E-state index contributed by atoms with van der Waals surface area (Å²) in [6, 6.07) is 15.8.